The van der Waals surface area contributed by atoms with Crippen LogP contribution in [0.4, 0.5) is 0 Å². The Kier molecular flexibility index (Phi) is 5.38. The van der Waals surface area contributed by atoms with Crippen molar-refractivity contribution >= 4 is 15.9 Å². The third kappa shape index (κ3) is 3.13. The molecule has 0 amide bonds. The fourth-order valence-corrected chi connectivity index (χ4v) is 3.38. The summed E-state index contributed by atoms with van der Waals surface area (Å²) in [5, 5.41) is 7.98. The molecule has 108 valence electrons. The number of halogens is 1. The second kappa shape index (κ2) is 7.04. The predicted molar refractivity (Wildman–Crippen MR) is 86.8 cm³/mol. The summed E-state index contributed by atoms with van der Waals surface area (Å²) in [6.07, 6.45) is 2.96. The van der Waals surface area contributed by atoms with Crippen molar-refractivity contribution in [2.75, 3.05) is 6.54 Å². The van der Waals surface area contributed by atoms with Gasteiger partial charge in [-0.1, -0.05) is 44.2 Å². The van der Waals surface area contributed by atoms with Gasteiger partial charge in [-0.2, -0.15) is 5.10 Å². The third-order valence-corrected chi connectivity index (χ3v) is 4.34. The van der Waals surface area contributed by atoms with Gasteiger partial charge >= 0.3 is 0 Å². The van der Waals surface area contributed by atoms with E-state index in [-0.39, 0.29) is 6.04 Å². The van der Waals surface area contributed by atoms with Crippen LogP contribution in [-0.2, 0) is 7.05 Å². The fourth-order valence-electron chi connectivity index (χ4n) is 2.78. The molecular weight excluding hydrogens is 314 g/mol. The highest BCUT2D eigenvalue weighted by atomic mass is 79.9. The Bertz CT molecular complexity index is 516. The first-order valence-corrected chi connectivity index (χ1v) is 7.94. The molecule has 0 saturated heterocycles. The molecule has 0 spiro atoms. The molecule has 20 heavy (non-hydrogen) atoms. The minimum absolute atomic E-state index is 0.259. The number of aryl methyl sites for hydroxylation is 1. The number of benzene rings is 1. The molecule has 0 aliphatic heterocycles. The van der Waals surface area contributed by atoms with Crippen LogP contribution in [0.25, 0.3) is 0 Å². The predicted octanol–water partition coefficient (Wildman–Crippen LogP) is 4.03. The zero-order chi connectivity index (χ0) is 14.5. The van der Waals surface area contributed by atoms with Crippen LogP contribution >= 0.6 is 15.9 Å². The van der Waals surface area contributed by atoms with Gasteiger partial charge in [-0.25, -0.2) is 0 Å². The summed E-state index contributed by atoms with van der Waals surface area (Å²) < 4.78 is 3.03. The first-order chi connectivity index (χ1) is 9.69. The molecule has 0 aliphatic carbocycles. The molecule has 1 aromatic carbocycles. The van der Waals surface area contributed by atoms with Crippen molar-refractivity contribution < 1.29 is 0 Å². The monoisotopic (exact) mass is 335 g/mol. The van der Waals surface area contributed by atoms with E-state index in [4.69, 9.17) is 0 Å². The minimum atomic E-state index is 0.259. The van der Waals surface area contributed by atoms with Crippen molar-refractivity contribution in [1.82, 2.24) is 15.1 Å². The van der Waals surface area contributed by atoms with Crippen LogP contribution in [0.1, 0.15) is 43.5 Å². The molecular formula is C16H22BrN3. The van der Waals surface area contributed by atoms with Gasteiger partial charge in [-0.05, 0) is 34.5 Å². The minimum Gasteiger partial charge on any atom is -0.308 e. The SMILES string of the molecule is CCNC(c1c(Br)cnn1C)C(CC)c1ccccc1. The Hall–Kier alpha value is -1.13. The molecule has 0 fully saturated rings. The smallest absolute Gasteiger partial charge is 0.0698 e. The lowest BCUT2D eigenvalue weighted by Crippen LogP contribution is -2.29. The lowest BCUT2D eigenvalue weighted by molar-refractivity contribution is 0.419. The number of likely N-dealkylation sites (N-methyl/N-ethyl adjacent to an activating group) is 1. The Morgan fingerprint density at radius 1 is 1.25 bits per heavy atom. The topological polar surface area (TPSA) is 29.9 Å². The van der Waals surface area contributed by atoms with Gasteiger partial charge in [0.15, 0.2) is 0 Å². The van der Waals surface area contributed by atoms with E-state index in [2.05, 4.69) is 70.5 Å². The molecule has 1 aromatic heterocycles. The molecule has 1 heterocycles. The van der Waals surface area contributed by atoms with Crippen LogP contribution in [0.15, 0.2) is 41.0 Å². The van der Waals surface area contributed by atoms with Crippen molar-refractivity contribution in [2.24, 2.45) is 7.05 Å². The maximum atomic E-state index is 4.36. The third-order valence-electron chi connectivity index (χ3n) is 3.73. The van der Waals surface area contributed by atoms with Crippen LogP contribution in [0.3, 0.4) is 0 Å². The van der Waals surface area contributed by atoms with E-state index in [0.717, 1.165) is 17.4 Å². The number of hydrogen-bond donors (Lipinski definition) is 1. The lowest BCUT2D eigenvalue weighted by Gasteiger charge is -2.28. The molecule has 0 radical (unpaired) electrons. The highest BCUT2D eigenvalue weighted by molar-refractivity contribution is 9.10. The van der Waals surface area contributed by atoms with E-state index >= 15 is 0 Å². The zero-order valence-corrected chi connectivity index (χ0v) is 13.9. The van der Waals surface area contributed by atoms with E-state index < -0.39 is 0 Å². The van der Waals surface area contributed by atoms with Gasteiger partial charge in [0.2, 0.25) is 0 Å². The summed E-state index contributed by atoms with van der Waals surface area (Å²) in [6.45, 7) is 5.33. The van der Waals surface area contributed by atoms with Gasteiger partial charge in [0, 0.05) is 13.0 Å². The first-order valence-electron chi connectivity index (χ1n) is 7.14. The van der Waals surface area contributed by atoms with Gasteiger partial charge in [-0.3, -0.25) is 4.68 Å². The summed E-state index contributed by atoms with van der Waals surface area (Å²) in [4.78, 5) is 0. The molecule has 2 aromatic rings. The standard InChI is InChI=1S/C16H22BrN3/c1-4-13(12-9-7-6-8-10-12)15(18-5-2)16-14(17)11-19-20(16)3/h6-11,13,15,18H,4-5H2,1-3H3. The van der Waals surface area contributed by atoms with Crippen LogP contribution in [0, 0.1) is 0 Å². The van der Waals surface area contributed by atoms with Crippen molar-refractivity contribution in [3.05, 3.63) is 52.3 Å². The largest absolute Gasteiger partial charge is 0.308 e. The molecule has 0 saturated carbocycles. The normalized spacial score (nSPS) is 14.2. The second-order valence-electron chi connectivity index (χ2n) is 4.96. The molecule has 2 rings (SSSR count). The Balaban J connectivity index is 2.41. The number of hydrogen-bond acceptors (Lipinski definition) is 2. The molecule has 1 N–H and O–H groups in total. The highest BCUT2D eigenvalue weighted by Crippen LogP contribution is 2.36. The van der Waals surface area contributed by atoms with Crippen molar-refractivity contribution in [3.63, 3.8) is 0 Å². The van der Waals surface area contributed by atoms with E-state index in [1.807, 2.05) is 17.9 Å². The van der Waals surface area contributed by atoms with Gasteiger partial charge in [0.05, 0.1) is 22.4 Å². The molecule has 4 heteroatoms. The second-order valence-corrected chi connectivity index (χ2v) is 5.82. The van der Waals surface area contributed by atoms with Crippen LogP contribution in [0.2, 0.25) is 0 Å². The van der Waals surface area contributed by atoms with E-state index in [0.29, 0.717) is 5.92 Å². The molecule has 2 unspecified atom stereocenters. The summed E-state index contributed by atoms with van der Waals surface area (Å²) in [5.41, 5.74) is 2.58. The lowest BCUT2D eigenvalue weighted by atomic mass is 9.87. The Morgan fingerprint density at radius 3 is 2.45 bits per heavy atom. The molecule has 3 nitrogen and oxygen atoms in total. The van der Waals surface area contributed by atoms with Crippen molar-refractivity contribution in [2.45, 2.75) is 32.2 Å². The van der Waals surface area contributed by atoms with E-state index in [1.54, 1.807) is 0 Å². The van der Waals surface area contributed by atoms with Crippen LogP contribution < -0.4 is 5.32 Å². The maximum absolute atomic E-state index is 4.36. The maximum Gasteiger partial charge on any atom is 0.0698 e. The van der Waals surface area contributed by atoms with Crippen molar-refractivity contribution in [1.29, 1.82) is 0 Å². The van der Waals surface area contributed by atoms with Gasteiger partial charge < -0.3 is 5.32 Å². The van der Waals surface area contributed by atoms with Gasteiger partial charge in [-0.15, -0.1) is 0 Å². The van der Waals surface area contributed by atoms with E-state index in [9.17, 15) is 0 Å². The number of nitrogens with zero attached hydrogens (tertiary/aromatic N) is 2. The zero-order valence-electron chi connectivity index (χ0n) is 12.3. The molecule has 2 atom stereocenters. The Labute approximate surface area is 129 Å². The van der Waals surface area contributed by atoms with Gasteiger partial charge in [0.1, 0.15) is 0 Å². The highest BCUT2D eigenvalue weighted by Gasteiger charge is 2.27. The molecule has 0 bridgehead atoms. The van der Waals surface area contributed by atoms with E-state index in [1.165, 1.54) is 11.3 Å². The van der Waals surface area contributed by atoms with Gasteiger partial charge in [0.25, 0.3) is 0 Å². The summed E-state index contributed by atoms with van der Waals surface area (Å²) in [7, 11) is 2.00. The first kappa shape index (κ1) is 15.3. The van der Waals surface area contributed by atoms with Crippen molar-refractivity contribution in [3.8, 4) is 0 Å². The molecule has 0 aliphatic rings. The Morgan fingerprint density at radius 2 is 1.95 bits per heavy atom. The number of rotatable bonds is 6. The average Bonchev–Trinajstić information content (AvgIpc) is 2.79. The number of nitrogens with one attached hydrogen (secondary N) is 1. The summed E-state index contributed by atoms with van der Waals surface area (Å²) >= 11 is 3.63. The average molecular weight is 336 g/mol. The fraction of sp³-hybridized carbons (Fsp3) is 0.438. The number of aromatic nitrogens is 2. The quantitative estimate of drug-likeness (QED) is 0.863. The summed E-state index contributed by atoms with van der Waals surface area (Å²) in [6, 6.07) is 11.0. The van der Waals surface area contributed by atoms with Crippen LogP contribution in [-0.4, -0.2) is 16.3 Å². The van der Waals surface area contributed by atoms with Crippen LogP contribution in [0.5, 0.6) is 0 Å². The summed E-state index contributed by atoms with van der Waals surface area (Å²) in [5.74, 6) is 0.433.